The molecule has 0 saturated carbocycles. The first-order valence-corrected chi connectivity index (χ1v) is 6.37. The molecule has 2 aromatic carbocycles. The lowest BCUT2D eigenvalue weighted by atomic mass is 10.2. The predicted molar refractivity (Wildman–Crippen MR) is 82.8 cm³/mol. The fraction of sp³-hybridized carbons (Fsp3) is 0.133. The molecule has 0 aromatic heterocycles. The second kappa shape index (κ2) is 5.71. The zero-order valence-electron chi connectivity index (χ0n) is 10.9. The zero-order chi connectivity index (χ0) is 13.8. The summed E-state index contributed by atoms with van der Waals surface area (Å²) in [6.07, 6.45) is 0. The minimum Gasteiger partial charge on any atom is -0.457 e. The van der Waals surface area contributed by atoms with Crippen molar-refractivity contribution in [1.29, 1.82) is 0 Å². The minimum absolute atomic E-state index is 0.256. The second-order valence-corrected chi connectivity index (χ2v) is 4.78. The van der Waals surface area contributed by atoms with Crippen LogP contribution < -0.4 is 15.8 Å². The average Bonchev–Trinajstić information content (AvgIpc) is 2.34. The van der Waals surface area contributed by atoms with Crippen molar-refractivity contribution in [2.45, 2.75) is 13.8 Å². The summed E-state index contributed by atoms with van der Waals surface area (Å²) in [5, 5.41) is 3.16. The van der Waals surface area contributed by atoms with E-state index in [9.17, 15) is 0 Å². The molecule has 0 aliphatic carbocycles. The summed E-state index contributed by atoms with van der Waals surface area (Å²) in [5.41, 5.74) is 8.43. The van der Waals surface area contributed by atoms with Crippen LogP contribution in [0, 0.1) is 13.8 Å². The Morgan fingerprint density at radius 2 is 1.74 bits per heavy atom. The van der Waals surface area contributed by atoms with Crippen molar-refractivity contribution in [2.24, 2.45) is 5.73 Å². The maximum Gasteiger partial charge on any atom is 0.168 e. The molecule has 0 spiro atoms. The van der Waals surface area contributed by atoms with Crippen molar-refractivity contribution < 1.29 is 4.74 Å². The molecular formula is C15H16N2OS. The number of rotatable bonds is 3. The van der Waals surface area contributed by atoms with Crippen molar-refractivity contribution in [3.63, 3.8) is 0 Å². The second-order valence-electron chi connectivity index (χ2n) is 4.34. The Morgan fingerprint density at radius 3 is 2.37 bits per heavy atom. The number of hydrogen-bond acceptors (Lipinski definition) is 2. The van der Waals surface area contributed by atoms with Crippen LogP contribution in [0.5, 0.6) is 11.5 Å². The van der Waals surface area contributed by atoms with Crippen LogP contribution in [0.25, 0.3) is 0 Å². The van der Waals surface area contributed by atoms with Crippen LogP contribution in [-0.4, -0.2) is 5.11 Å². The average molecular weight is 272 g/mol. The number of thiocarbonyl (C=S) groups is 1. The quantitative estimate of drug-likeness (QED) is 0.835. The molecule has 0 bridgehead atoms. The number of para-hydroxylation sites is 1. The van der Waals surface area contributed by atoms with Crippen LogP contribution in [0.1, 0.15) is 11.1 Å². The fourth-order valence-electron chi connectivity index (χ4n) is 1.77. The van der Waals surface area contributed by atoms with E-state index in [-0.39, 0.29) is 5.11 Å². The number of anilines is 1. The first-order chi connectivity index (χ1) is 9.06. The summed E-state index contributed by atoms with van der Waals surface area (Å²) in [6.45, 7) is 4.01. The van der Waals surface area contributed by atoms with Gasteiger partial charge in [-0.2, -0.15) is 0 Å². The van der Waals surface area contributed by atoms with Gasteiger partial charge in [0.1, 0.15) is 11.5 Å². The Morgan fingerprint density at radius 1 is 1.05 bits per heavy atom. The number of nitrogens with one attached hydrogen (secondary N) is 1. The van der Waals surface area contributed by atoms with Gasteiger partial charge in [0.05, 0.1) is 0 Å². The molecule has 2 rings (SSSR count). The fourth-order valence-corrected chi connectivity index (χ4v) is 1.89. The zero-order valence-corrected chi connectivity index (χ0v) is 11.8. The minimum atomic E-state index is 0.256. The van der Waals surface area contributed by atoms with E-state index in [0.29, 0.717) is 0 Å². The van der Waals surface area contributed by atoms with Gasteiger partial charge in [0.2, 0.25) is 0 Å². The van der Waals surface area contributed by atoms with Gasteiger partial charge in [0.25, 0.3) is 0 Å². The van der Waals surface area contributed by atoms with Gasteiger partial charge in [-0.15, -0.1) is 0 Å². The van der Waals surface area contributed by atoms with Crippen LogP contribution in [0.15, 0.2) is 42.5 Å². The molecule has 2 aromatic rings. The van der Waals surface area contributed by atoms with Gasteiger partial charge in [-0.3, -0.25) is 0 Å². The van der Waals surface area contributed by atoms with E-state index in [0.717, 1.165) is 28.3 Å². The van der Waals surface area contributed by atoms with E-state index in [2.05, 4.69) is 5.32 Å². The molecule has 0 atom stereocenters. The Hall–Kier alpha value is -2.07. The highest BCUT2D eigenvalue weighted by atomic mass is 32.1. The summed E-state index contributed by atoms with van der Waals surface area (Å²) in [4.78, 5) is 0. The van der Waals surface area contributed by atoms with Crippen molar-refractivity contribution in [2.75, 3.05) is 5.32 Å². The molecule has 0 unspecified atom stereocenters. The molecule has 0 radical (unpaired) electrons. The number of aryl methyl sites for hydroxylation is 2. The molecule has 0 saturated heterocycles. The summed E-state index contributed by atoms with van der Waals surface area (Å²) in [6, 6.07) is 13.7. The van der Waals surface area contributed by atoms with Crippen LogP contribution in [0.2, 0.25) is 0 Å². The Labute approximate surface area is 118 Å². The van der Waals surface area contributed by atoms with Gasteiger partial charge in [0, 0.05) is 5.69 Å². The number of nitrogens with two attached hydrogens (primary N) is 1. The van der Waals surface area contributed by atoms with Gasteiger partial charge in [-0.25, -0.2) is 0 Å². The Kier molecular flexibility index (Phi) is 4.02. The van der Waals surface area contributed by atoms with E-state index < -0.39 is 0 Å². The van der Waals surface area contributed by atoms with Gasteiger partial charge in [-0.1, -0.05) is 18.2 Å². The maximum atomic E-state index is 5.91. The van der Waals surface area contributed by atoms with Crippen LogP contribution in [0.4, 0.5) is 5.69 Å². The molecule has 3 N–H and O–H groups in total. The SMILES string of the molecule is Cc1ccccc1Oc1ccc(NC(N)=S)cc1C. The van der Waals surface area contributed by atoms with Crippen LogP contribution in [-0.2, 0) is 0 Å². The monoisotopic (exact) mass is 272 g/mol. The van der Waals surface area contributed by atoms with Crippen molar-refractivity contribution in [3.05, 3.63) is 53.6 Å². The van der Waals surface area contributed by atoms with E-state index in [1.165, 1.54) is 0 Å². The molecule has 19 heavy (non-hydrogen) atoms. The van der Waals surface area contributed by atoms with Crippen LogP contribution >= 0.6 is 12.2 Å². The lowest BCUT2D eigenvalue weighted by Crippen LogP contribution is -2.18. The molecule has 0 amide bonds. The largest absolute Gasteiger partial charge is 0.457 e. The Bertz CT molecular complexity index is 611. The highest BCUT2D eigenvalue weighted by Gasteiger charge is 2.05. The van der Waals surface area contributed by atoms with E-state index in [1.807, 2.05) is 56.3 Å². The molecule has 4 heteroatoms. The van der Waals surface area contributed by atoms with Crippen LogP contribution in [0.3, 0.4) is 0 Å². The molecule has 0 aliphatic heterocycles. The third-order valence-electron chi connectivity index (χ3n) is 2.76. The number of hydrogen-bond donors (Lipinski definition) is 2. The number of ether oxygens (including phenoxy) is 1. The third-order valence-corrected chi connectivity index (χ3v) is 2.86. The molecule has 3 nitrogen and oxygen atoms in total. The predicted octanol–water partition coefficient (Wildman–Crippen LogP) is 3.75. The first kappa shape index (κ1) is 13.4. The topological polar surface area (TPSA) is 47.3 Å². The lowest BCUT2D eigenvalue weighted by Gasteiger charge is -2.12. The summed E-state index contributed by atoms with van der Waals surface area (Å²) in [7, 11) is 0. The van der Waals surface area contributed by atoms with Gasteiger partial charge in [-0.05, 0) is 61.5 Å². The standard InChI is InChI=1S/C15H16N2OS/c1-10-5-3-4-6-13(10)18-14-8-7-12(9-11(14)2)17-15(16)19/h3-9H,1-2H3,(H3,16,17,19). The van der Waals surface area contributed by atoms with Gasteiger partial charge < -0.3 is 15.8 Å². The molecule has 98 valence electrons. The van der Waals surface area contributed by atoms with E-state index >= 15 is 0 Å². The smallest absolute Gasteiger partial charge is 0.168 e. The molecule has 0 heterocycles. The molecule has 0 fully saturated rings. The first-order valence-electron chi connectivity index (χ1n) is 5.97. The highest BCUT2D eigenvalue weighted by Crippen LogP contribution is 2.29. The maximum absolute atomic E-state index is 5.91. The van der Waals surface area contributed by atoms with Crippen molar-refractivity contribution >= 4 is 23.0 Å². The summed E-state index contributed by atoms with van der Waals surface area (Å²) < 4.78 is 5.91. The molecular weight excluding hydrogens is 256 g/mol. The van der Waals surface area contributed by atoms with Gasteiger partial charge >= 0.3 is 0 Å². The molecule has 0 aliphatic rings. The Balaban J connectivity index is 2.22. The van der Waals surface area contributed by atoms with E-state index in [1.54, 1.807) is 0 Å². The number of benzene rings is 2. The van der Waals surface area contributed by atoms with Crippen molar-refractivity contribution in [3.8, 4) is 11.5 Å². The van der Waals surface area contributed by atoms with E-state index in [4.69, 9.17) is 22.7 Å². The summed E-state index contributed by atoms with van der Waals surface area (Å²) in [5.74, 6) is 1.68. The van der Waals surface area contributed by atoms with Gasteiger partial charge in [0.15, 0.2) is 5.11 Å². The third kappa shape index (κ3) is 3.45. The lowest BCUT2D eigenvalue weighted by molar-refractivity contribution is 0.475. The van der Waals surface area contributed by atoms with Crippen molar-refractivity contribution in [1.82, 2.24) is 0 Å². The highest BCUT2D eigenvalue weighted by molar-refractivity contribution is 7.80. The summed E-state index contributed by atoms with van der Waals surface area (Å²) >= 11 is 4.81. The normalized spacial score (nSPS) is 10.0.